The van der Waals surface area contributed by atoms with Gasteiger partial charge >= 0.3 is 0 Å². The monoisotopic (exact) mass is 390 g/mol. The quantitative estimate of drug-likeness (QED) is 0.758. The van der Waals surface area contributed by atoms with Crippen LogP contribution in [-0.2, 0) is 10.0 Å². The maximum Gasteiger partial charge on any atom is 0.247 e. The molecule has 0 aliphatic carbocycles. The lowest BCUT2D eigenvalue weighted by atomic mass is 9.98. The highest BCUT2D eigenvalue weighted by Gasteiger charge is 2.36. The van der Waals surface area contributed by atoms with Crippen LogP contribution in [0.15, 0.2) is 47.6 Å². The van der Waals surface area contributed by atoms with E-state index in [9.17, 15) is 8.42 Å². The Balaban J connectivity index is 2.04. The predicted molar refractivity (Wildman–Crippen MR) is 103 cm³/mol. The van der Waals surface area contributed by atoms with Crippen LogP contribution in [0.3, 0.4) is 0 Å². The Morgan fingerprint density at radius 2 is 1.59 bits per heavy atom. The molecule has 2 aromatic rings. The summed E-state index contributed by atoms with van der Waals surface area (Å²) < 4.78 is 41.8. The minimum atomic E-state index is -3.57. The average Bonchev–Trinajstić information content (AvgIpc) is 3.13. The van der Waals surface area contributed by atoms with Crippen molar-refractivity contribution < 1.29 is 22.6 Å². The molecule has 0 spiro atoms. The molecule has 0 radical (unpaired) electrons. The summed E-state index contributed by atoms with van der Waals surface area (Å²) in [6.07, 6.45) is 1.57. The topological polar surface area (TPSA) is 77.4 Å². The third kappa shape index (κ3) is 3.85. The molecular weight excluding hydrogens is 368 g/mol. The van der Waals surface area contributed by atoms with E-state index in [2.05, 4.69) is 5.10 Å². The van der Waals surface area contributed by atoms with Crippen molar-refractivity contribution in [1.29, 1.82) is 0 Å². The van der Waals surface area contributed by atoms with Crippen molar-refractivity contribution in [2.24, 2.45) is 5.10 Å². The Kier molecular flexibility index (Phi) is 5.27. The lowest BCUT2D eigenvalue weighted by molar-refractivity contribution is 0.348. The van der Waals surface area contributed by atoms with E-state index >= 15 is 0 Å². The Labute approximate surface area is 159 Å². The van der Waals surface area contributed by atoms with Gasteiger partial charge in [-0.05, 0) is 48.0 Å². The van der Waals surface area contributed by atoms with E-state index < -0.39 is 16.1 Å². The average molecular weight is 390 g/mol. The van der Waals surface area contributed by atoms with Gasteiger partial charge in [-0.3, -0.25) is 0 Å². The summed E-state index contributed by atoms with van der Waals surface area (Å²) in [4.78, 5) is 0. The van der Waals surface area contributed by atoms with Crippen LogP contribution >= 0.6 is 0 Å². The van der Waals surface area contributed by atoms with E-state index in [0.29, 0.717) is 29.2 Å². The van der Waals surface area contributed by atoms with Gasteiger partial charge in [0.05, 0.1) is 39.3 Å². The van der Waals surface area contributed by atoms with Gasteiger partial charge in [0.15, 0.2) is 0 Å². The van der Waals surface area contributed by atoms with Gasteiger partial charge in [0, 0.05) is 12.0 Å². The molecule has 8 heteroatoms. The maximum atomic E-state index is 12.4. The Morgan fingerprint density at radius 3 is 2.15 bits per heavy atom. The van der Waals surface area contributed by atoms with Crippen LogP contribution in [0.5, 0.6) is 17.2 Å². The van der Waals surface area contributed by atoms with Gasteiger partial charge < -0.3 is 14.2 Å². The molecule has 0 aromatic heterocycles. The highest BCUT2D eigenvalue weighted by molar-refractivity contribution is 7.88. The molecule has 144 valence electrons. The first-order chi connectivity index (χ1) is 12.9. The van der Waals surface area contributed by atoms with E-state index in [0.717, 1.165) is 22.0 Å². The first-order valence-corrected chi connectivity index (χ1v) is 10.2. The van der Waals surface area contributed by atoms with Crippen molar-refractivity contribution in [2.75, 3.05) is 27.6 Å². The fourth-order valence-corrected chi connectivity index (χ4v) is 3.98. The van der Waals surface area contributed by atoms with Gasteiger partial charge in [0.2, 0.25) is 10.0 Å². The zero-order valence-electron chi connectivity index (χ0n) is 15.7. The SMILES string of the molecule is COc1ccc(C2=NN(S(C)(=O)=O)C(c3cc(OC)ccc3OC)C2)cc1. The van der Waals surface area contributed by atoms with Gasteiger partial charge in [-0.2, -0.15) is 9.52 Å². The fraction of sp³-hybridized carbons (Fsp3) is 0.316. The summed E-state index contributed by atoms with van der Waals surface area (Å²) in [6, 6.07) is 12.2. The van der Waals surface area contributed by atoms with Crippen molar-refractivity contribution in [1.82, 2.24) is 4.41 Å². The van der Waals surface area contributed by atoms with Crippen molar-refractivity contribution in [2.45, 2.75) is 12.5 Å². The molecule has 1 aliphatic heterocycles. The summed E-state index contributed by atoms with van der Waals surface area (Å²) in [5, 5.41) is 4.40. The van der Waals surface area contributed by atoms with Gasteiger partial charge in [0.1, 0.15) is 17.2 Å². The highest BCUT2D eigenvalue weighted by Crippen LogP contribution is 2.40. The predicted octanol–water partition coefficient (Wildman–Crippen LogP) is 2.82. The molecule has 7 nitrogen and oxygen atoms in total. The van der Waals surface area contributed by atoms with E-state index in [1.165, 1.54) is 0 Å². The number of sulfonamides is 1. The molecule has 27 heavy (non-hydrogen) atoms. The van der Waals surface area contributed by atoms with Gasteiger partial charge in [0.25, 0.3) is 0 Å². The molecule has 1 unspecified atom stereocenters. The van der Waals surface area contributed by atoms with Crippen LogP contribution < -0.4 is 14.2 Å². The molecular formula is C19H22N2O5S. The Bertz CT molecular complexity index is 955. The molecule has 0 amide bonds. The lowest BCUT2D eigenvalue weighted by Gasteiger charge is -2.23. The number of rotatable bonds is 6. The molecule has 2 aromatic carbocycles. The minimum Gasteiger partial charge on any atom is -0.497 e. The molecule has 0 saturated heterocycles. The lowest BCUT2D eigenvalue weighted by Crippen LogP contribution is -2.26. The molecule has 3 rings (SSSR count). The first kappa shape index (κ1) is 19.0. The zero-order valence-corrected chi connectivity index (χ0v) is 16.5. The summed E-state index contributed by atoms with van der Waals surface area (Å²) in [5.41, 5.74) is 2.22. The van der Waals surface area contributed by atoms with Gasteiger partial charge in [-0.15, -0.1) is 0 Å². The van der Waals surface area contributed by atoms with Crippen LogP contribution in [-0.4, -0.2) is 46.1 Å². The largest absolute Gasteiger partial charge is 0.497 e. The summed E-state index contributed by atoms with van der Waals surface area (Å²) >= 11 is 0. The second kappa shape index (κ2) is 7.48. The fourth-order valence-electron chi connectivity index (χ4n) is 3.08. The molecule has 0 fully saturated rings. The third-order valence-electron chi connectivity index (χ3n) is 4.43. The standard InChI is InChI=1S/C19H22N2O5S/c1-24-14-7-5-13(6-8-14)17-12-18(21(20-17)27(4,22)23)16-11-15(25-2)9-10-19(16)26-3/h5-11,18H,12H2,1-4H3. The van der Waals surface area contributed by atoms with E-state index in [1.54, 1.807) is 39.5 Å². The van der Waals surface area contributed by atoms with Crippen molar-refractivity contribution >= 4 is 15.7 Å². The summed E-state index contributed by atoms with van der Waals surface area (Å²) in [5.74, 6) is 1.93. The Hall–Kier alpha value is -2.74. The van der Waals surface area contributed by atoms with Crippen molar-refractivity contribution in [3.05, 3.63) is 53.6 Å². The number of hydrogen-bond acceptors (Lipinski definition) is 6. The third-order valence-corrected chi connectivity index (χ3v) is 5.45. The molecule has 1 atom stereocenters. The number of nitrogens with zero attached hydrogens (tertiary/aromatic N) is 2. The second-order valence-corrected chi connectivity index (χ2v) is 7.98. The number of hydrogen-bond donors (Lipinski definition) is 0. The van der Waals surface area contributed by atoms with E-state index in [1.807, 2.05) is 24.3 Å². The number of ether oxygens (including phenoxy) is 3. The smallest absolute Gasteiger partial charge is 0.247 e. The van der Waals surface area contributed by atoms with Gasteiger partial charge in [-0.1, -0.05) is 0 Å². The number of hydrazone groups is 1. The van der Waals surface area contributed by atoms with Crippen LogP contribution in [0.2, 0.25) is 0 Å². The minimum absolute atomic E-state index is 0.420. The number of methoxy groups -OCH3 is 3. The molecule has 1 heterocycles. The normalized spacial score (nSPS) is 16.8. The van der Waals surface area contributed by atoms with Crippen molar-refractivity contribution in [3.8, 4) is 17.2 Å². The molecule has 1 aliphatic rings. The first-order valence-electron chi connectivity index (χ1n) is 8.30. The van der Waals surface area contributed by atoms with Crippen LogP contribution in [0.1, 0.15) is 23.6 Å². The highest BCUT2D eigenvalue weighted by atomic mass is 32.2. The molecule has 0 N–H and O–H groups in total. The van der Waals surface area contributed by atoms with Crippen LogP contribution in [0.4, 0.5) is 0 Å². The zero-order chi connectivity index (χ0) is 19.6. The van der Waals surface area contributed by atoms with E-state index in [-0.39, 0.29) is 0 Å². The van der Waals surface area contributed by atoms with Crippen LogP contribution in [0.25, 0.3) is 0 Å². The number of benzene rings is 2. The van der Waals surface area contributed by atoms with Crippen LogP contribution in [0, 0.1) is 0 Å². The Morgan fingerprint density at radius 1 is 0.963 bits per heavy atom. The maximum absolute atomic E-state index is 12.4. The summed E-state index contributed by atoms with van der Waals surface area (Å²) in [7, 11) is 1.14. The molecule has 0 saturated carbocycles. The molecule has 0 bridgehead atoms. The second-order valence-electron chi connectivity index (χ2n) is 6.14. The van der Waals surface area contributed by atoms with Gasteiger partial charge in [-0.25, -0.2) is 8.42 Å². The van der Waals surface area contributed by atoms with E-state index in [4.69, 9.17) is 14.2 Å². The summed E-state index contributed by atoms with van der Waals surface area (Å²) in [6.45, 7) is 0. The van der Waals surface area contributed by atoms with Crippen molar-refractivity contribution in [3.63, 3.8) is 0 Å².